The Morgan fingerprint density at radius 2 is 1.84 bits per heavy atom. The lowest BCUT2D eigenvalue weighted by Crippen LogP contribution is -2.45. The SMILES string of the molecule is CSC1(C#N)CCN(C(=O)C2C3CCCCC32)CC1. The van der Waals surface area contributed by atoms with Gasteiger partial charge in [-0.1, -0.05) is 12.8 Å². The highest BCUT2D eigenvalue weighted by molar-refractivity contribution is 8.00. The number of amides is 1. The number of nitrogens with zero attached hydrogens (tertiary/aromatic N) is 2. The molecule has 0 aromatic carbocycles. The molecule has 3 fully saturated rings. The van der Waals surface area contributed by atoms with Gasteiger partial charge in [-0.15, -0.1) is 11.8 Å². The van der Waals surface area contributed by atoms with E-state index in [0.717, 1.165) is 25.9 Å². The van der Waals surface area contributed by atoms with E-state index >= 15 is 0 Å². The zero-order valence-corrected chi connectivity index (χ0v) is 12.4. The molecule has 2 aliphatic carbocycles. The molecule has 3 nitrogen and oxygen atoms in total. The van der Waals surface area contributed by atoms with Crippen LogP contribution in [0.4, 0.5) is 0 Å². The predicted octanol–water partition coefficient (Wildman–Crippen LogP) is 2.67. The molecule has 3 rings (SSSR count). The summed E-state index contributed by atoms with van der Waals surface area (Å²) < 4.78 is -0.243. The number of carbonyl (C=O) groups is 1. The molecule has 0 radical (unpaired) electrons. The third-order valence-corrected chi connectivity index (χ3v) is 6.70. The van der Waals surface area contributed by atoms with Crippen LogP contribution in [0, 0.1) is 29.1 Å². The summed E-state index contributed by atoms with van der Waals surface area (Å²) in [5.41, 5.74) is 0. The molecule has 0 aromatic heterocycles. The molecular formula is C15H22N2OS. The number of rotatable bonds is 2. The summed E-state index contributed by atoms with van der Waals surface area (Å²) in [5, 5.41) is 9.28. The number of piperidine rings is 1. The second-order valence-corrected chi connectivity index (χ2v) is 7.46. The van der Waals surface area contributed by atoms with Crippen molar-refractivity contribution in [1.82, 2.24) is 4.90 Å². The number of fused-ring (bicyclic) bond motifs is 1. The van der Waals surface area contributed by atoms with Gasteiger partial charge in [-0.05, 0) is 43.8 Å². The Morgan fingerprint density at radius 3 is 2.32 bits per heavy atom. The van der Waals surface area contributed by atoms with E-state index in [1.165, 1.54) is 25.7 Å². The molecule has 0 spiro atoms. The first-order valence-electron chi connectivity index (χ1n) is 7.46. The van der Waals surface area contributed by atoms with Crippen molar-refractivity contribution in [3.63, 3.8) is 0 Å². The van der Waals surface area contributed by atoms with Crippen molar-refractivity contribution in [2.24, 2.45) is 17.8 Å². The number of hydrogen-bond donors (Lipinski definition) is 0. The van der Waals surface area contributed by atoms with Gasteiger partial charge in [-0.2, -0.15) is 5.26 Å². The van der Waals surface area contributed by atoms with Gasteiger partial charge in [0, 0.05) is 19.0 Å². The molecule has 104 valence electrons. The number of nitriles is 1. The van der Waals surface area contributed by atoms with Gasteiger partial charge >= 0.3 is 0 Å². The monoisotopic (exact) mass is 278 g/mol. The third kappa shape index (κ3) is 2.27. The topological polar surface area (TPSA) is 44.1 Å². The van der Waals surface area contributed by atoms with Gasteiger partial charge < -0.3 is 4.90 Å². The quantitative estimate of drug-likeness (QED) is 0.780. The van der Waals surface area contributed by atoms with Gasteiger partial charge in [0.15, 0.2) is 0 Å². The van der Waals surface area contributed by atoms with Gasteiger partial charge in [0.2, 0.25) is 5.91 Å². The first-order chi connectivity index (χ1) is 9.21. The molecule has 4 heteroatoms. The van der Waals surface area contributed by atoms with Crippen LogP contribution < -0.4 is 0 Å². The molecule has 1 saturated heterocycles. The number of thioether (sulfide) groups is 1. The summed E-state index contributed by atoms with van der Waals surface area (Å²) >= 11 is 1.65. The Balaban J connectivity index is 1.57. The Labute approximate surface area is 119 Å². The summed E-state index contributed by atoms with van der Waals surface area (Å²) in [6.45, 7) is 1.56. The van der Waals surface area contributed by atoms with Gasteiger partial charge in [0.1, 0.15) is 4.75 Å². The van der Waals surface area contributed by atoms with E-state index in [9.17, 15) is 10.1 Å². The highest BCUT2D eigenvalue weighted by Gasteiger charge is 2.56. The van der Waals surface area contributed by atoms with Crippen LogP contribution in [0.1, 0.15) is 38.5 Å². The van der Waals surface area contributed by atoms with Crippen LogP contribution in [-0.4, -0.2) is 34.9 Å². The van der Waals surface area contributed by atoms with Crippen LogP contribution in [0.3, 0.4) is 0 Å². The first-order valence-corrected chi connectivity index (χ1v) is 8.68. The molecule has 0 aromatic rings. The molecular weight excluding hydrogens is 256 g/mol. The average molecular weight is 278 g/mol. The molecule has 19 heavy (non-hydrogen) atoms. The lowest BCUT2D eigenvalue weighted by atomic mass is 9.97. The molecule has 1 aliphatic heterocycles. The first kappa shape index (κ1) is 13.3. The molecule has 2 unspecified atom stereocenters. The zero-order chi connectivity index (χ0) is 13.5. The zero-order valence-electron chi connectivity index (χ0n) is 11.6. The molecule has 1 heterocycles. The van der Waals surface area contributed by atoms with Crippen LogP contribution in [0.25, 0.3) is 0 Å². The second kappa shape index (κ2) is 5.01. The smallest absolute Gasteiger partial charge is 0.226 e. The maximum Gasteiger partial charge on any atom is 0.226 e. The van der Waals surface area contributed by atoms with Gasteiger partial charge in [-0.3, -0.25) is 4.79 Å². The van der Waals surface area contributed by atoms with Crippen molar-refractivity contribution >= 4 is 17.7 Å². The van der Waals surface area contributed by atoms with E-state index in [4.69, 9.17) is 0 Å². The van der Waals surface area contributed by atoms with Crippen LogP contribution in [0.15, 0.2) is 0 Å². The summed E-state index contributed by atoms with van der Waals surface area (Å²) in [6.07, 6.45) is 8.83. The maximum atomic E-state index is 12.6. The molecule has 1 amide bonds. The van der Waals surface area contributed by atoms with Crippen molar-refractivity contribution in [3.05, 3.63) is 0 Å². The highest BCUT2D eigenvalue weighted by atomic mass is 32.2. The largest absolute Gasteiger partial charge is 0.342 e. The van der Waals surface area contributed by atoms with Crippen molar-refractivity contribution in [3.8, 4) is 6.07 Å². The van der Waals surface area contributed by atoms with E-state index in [-0.39, 0.29) is 4.75 Å². The van der Waals surface area contributed by atoms with Gasteiger partial charge in [0.05, 0.1) is 6.07 Å². The van der Waals surface area contributed by atoms with Crippen LogP contribution in [-0.2, 0) is 4.79 Å². The maximum absolute atomic E-state index is 12.6. The van der Waals surface area contributed by atoms with Gasteiger partial charge in [0.25, 0.3) is 0 Å². The molecule has 0 bridgehead atoms. The van der Waals surface area contributed by atoms with Crippen LogP contribution in [0.2, 0.25) is 0 Å². The number of carbonyl (C=O) groups excluding carboxylic acids is 1. The predicted molar refractivity (Wildman–Crippen MR) is 76.6 cm³/mol. The Kier molecular flexibility index (Phi) is 3.51. The van der Waals surface area contributed by atoms with E-state index in [2.05, 4.69) is 6.07 Å². The van der Waals surface area contributed by atoms with Crippen LogP contribution >= 0.6 is 11.8 Å². The van der Waals surface area contributed by atoms with Gasteiger partial charge in [-0.25, -0.2) is 0 Å². The molecule has 2 saturated carbocycles. The summed E-state index contributed by atoms with van der Waals surface area (Å²) in [7, 11) is 0. The Hall–Kier alpha value is -0.690. The Bertz CT molecular complexity index is 397. The lowest BCUT2D eigenvalue weighted by molar-refractivity contribution is -0.134. The van der Waals surface area contributed by atoms with E-state index < -0.39 is 0 Å². The Morgan fingerprint density at radius 1 is 1.26 bits per heavy atom. The minimum Gasteiger partial charge on any atom is -0.342 e. The van der Waals surface area contributed by atoms with Crippen molar-refractivity contribution in [2.75, 3.05) is 19.3 Å². The number of likely N-dealkylation sites (tertiary alicyclic amines) is 1. The lowest BCUT2D eigenvalue weighted by Gasteiger charge is -2.36. The van der Waals surface area contributed by atoms with E-state index in [0.29, 0.717) is 23.7 Å². The summed E-state index contributed by atoms with van der Waals surface area (Å²) in [5.74, 6) is 2.13. The van der Waals surface area contributed by atoms with Crippen molar-refractivity contribution in [2.45, 2.75) is 43.3 Å². The number of hydrogen-bond acceptors (Lipinski definition) is 3. The summed E-state index contributed by atoms with van der Waals surface area (Å²) in [6, 6.07) is 2.45. The fourth-order valence-corrected chi connectivity index (χ4v) is 4.70. The fraction of sp³-hybridized carbons (Fsp3) is 0.867. The fourth-order valence-electron chi connectivity index (χ4n) is 4.02. The highest BCUT2D eigenvalue weighted by Crippen LogP contribution is 2.56. The second-order valence-electron chi connectivity index (χ2n) is 6.27. The minimum atomic E-state index is -0.243. The minimum absolute atomic E-state index is 0.243. The average Bonchev–Trinajstić information content (AvgIpc) is 3.21. The van der Waals surface area contributed by atoms with E-state index in [1.54, 1.807) is 11.8 Å². The van der Waals surface area contributed by atoms with Crippen molar-refractivity contribution < 1.29 is 4.79 Å². The summed E-state index contributed by atoms with van der Waals surface area (Å²) in [4.78, 5) is 14.6. The molecule has 0 N–H and O–H groups in total. The molecule has 2 atom stereocenters. The normalized spacial score (nSPS) is 36.2. The van der Waals surface area contributed by atoms with Crippen molar-refractivity contribution in [1.29, 1.82) is 5.26 Å². The van der Waals surface area contributed by atoms with E-state index in [1.807, 2.05) is 11.2 Å². The third-order valence-electron chi connectivity index (χ3n) is 5.42. The van der Waals surface area contributed by atoms with Crippen LogP contribution in [0.5, 0.6) is 0 Å². The molecule has 3 aliphatic rings. The standard InChI is InChI=1S/C15H22N2OS/c1-19-15(10-16)6-8-17(9-7-15)14(18)13-11-4-2-3-5-12(11)13/h11-13H,2-9H2,1H3.